The van der Waals surface area contributed by atoms with E-state index in [0.717, 1.165) is 0 Å². The van der Waals surface area contributed by atoms with E-state index in [1.807, 2.05) is 0 Å². The molecule has 0 aromatic rings. The van der Waals surface area contributed by atoms with Crippen LogP contribution in [0.1, 0.15) is 26.7 Å². The molecule has 28 heavy (non-hydrogen) atoms. The number of hydrogen-bond donors (Lipinski definition) is 8. The van der Waals surface area contributed by atoms with Gasteiger partial charge in [-0.1, -0.05) is 0 Å². The highest BCUT2D eigenvalue weighted by Crippen LogP contribution is 2.01. The van der Waals surface area contributed by atoms with E-state index < -0.39 is 73.0 Å². The van der Waals surface area contributed by atoms with Gasteiger partial charge in [0.1, 0.15) is 24.2 Å². The summed E-state index contributed by atoms with van der Waals surface area (Å²) in [5.41, 5.74) is 5.42. The maximum Gasteiger partial charge on any atom is 0.325 e. The van der Waals surface area contributed by atoms with Gasteiger partial charge in [-0.25, -0.2) is 0 Å². The van der Waals surface area contributed by atoms with Gasteiger partial charge >= 0.3 is 11.9 Å². The highest BCUT2D eigenvalue weighted by Gasteiger charge is 2.30. The number of nitrogens with one attached hydrogen (secondary N) is 3. The third-order valence-electron chi connectivity index (χ3n) is 3.65. The van der Waals surface area contributed by atoms with E-state index in [-0.39, 0.29) is 6.42 Å². The Hall–Kier alpha value is -2.77. The van der Waals surface area contributed by atoms with Crippen molar-refractivity contribution in [2.75, 3.05) is 6.61 Å². The molecule has 5 atom stereocenters. The van der Waals surface area contributed by atoms with Gasteiger partial charge in [0.2, 0.25) is 17.7 Å². The van der Waals surface area contributed by atoms with E-state index in [2.05, 4.69) is 16.0 Å². The van der Waals surface area contributed by atoms with Crippen LogP contribution in [0.4, 0.5) is 0 Å². The number of nitrogens with two attached hydrogens (primary N) is 1. The number of carbonyl (C=O) groups is 5. The zero-order valence-electron chi connectivity index (χ0n) is 15.4. The first-order valence-electron chi connectivity index (χ1n) is 8.30. The number of aliphatic carboxylic acids is 2. The number of rotatable bonds is 12. The lowest BCUT2D eigenvalue weighted by Crippen LogP contribution is -2.58. The SMILES string of the molecule is CC(NC(=O)C(CCC(=O)O)NC(=O)C(CO)NC(=O)C(N)C(C)O)C(=O)O. The van der Waals surface area contributed by atoms with Gasteiger partial charge in [-0.2, -0.15) is 0 Å². The molecule has 0 aliphatic rings. The van der Waals surface area contributed by atoms with Crippen LogP contribution in [-0.2, 0) is 24.0 Å². The predicted octanol–water partition coefficient (Wildman–Crippen LogP) is -3.89. The molecule has 0 bridgehead atoms. The number of carbonyl (C=O) groups excluding carboxylic acids is 3. The second kappa shape index (κ2) is 11.8. The van der Waals surface area contributed by atoms with Crippen LogP contribution in [0.5, 0.6) is 0 Å². The Morgan fingerprint density at radius 3 is 1.82 bits per heavy atom. The molecule has 0 saturated carbocycles. The van der Waals surface area contributed by atoms with Gasteiger partial charge in [0.05, 0.1) is 12.7 Å². The second-order valence-corrected chi connectivity index (χ2v) is 6.07. The molecule has 0 aromatic heterocycles. The number of aliphatic hydroxyl groups excluding tert-OH is 2. The standard InChI is InChI=1S/C15H26N4O9/c1-6(15(27)28)17-12(24)8(3-4-10(22)23)18-13(25)9(5-20)19-14(26)11(16)7(2)21/h6-9,11,20-21H,3-5,16H2,1-2H3,(H,17,24)(H,18,25)(H,19,26)(H,22,23)(H,27,28). The Labute approximate surface area is 160 Å². The smallest absolute Gasteiger partial charge is 0.325 e. The molecule has 13 nitrogen and oxygen atoms in total. The minimum Gasteiger partial charge on any atom is -0.481 e. The monoisotopic (exact) mass is 406 g/mol. The Morgan fingerprint density at radius 2 is 1.39 bits per heavy atom. The van der Waals surface area contributed by atoms with E-state index in [4.69, 9.17) is 15.9 Å². The topological polar surface area (TPSA) is 228 Å². The largest absolute Gasteiger partial charge is 0.481 e. The summed E-state index contributed by atoms with van der Waals surface area (Å²) in [5, 5.41) is 42.5. The molecule has 0 radical (unpaired) electrons. The summed E-state index contributed by atoms with van der Waals surface area (Å²) in [6.45, 7) is 1.54. The summed E-state index contributed by atoms with van der Waals surface area (Å²) in [5.74, 6) is -5.51. The van der Waals surface area contributed by atoms with Gasteiger partial charge in [-0.05, 0) is 20.3 Å². The molecule has 0 saturated heterocycles. The van der Waals surface area contributed by atoms with Crippen molar-refractivity contribution in [1.82, 2.24) is 16.0 Å². The fraction of sp³-hybridized carbons (Fsp3) is 0.667. The van der Waals surface area contributed by atoms with Crippen molar-refractivity contribution in [1.29, 1.82) is 0 Å². The molecule has 5 unspecified atom stereocenters. The highest BCUT2D eigenvalue weighted by molar-refractivity contribution is 5.94. The predicted molar refractivity (Wildman–Crippen MR) is 92.7 cm³/mol. The molecular formula is C15H26N4O9. The van der Waals surface area contributed by atoms with Crippen LogP contribution < -0.4 is 21.7 Å². The number of hydrogen-bond acceptors (Lipinski definition) is 8. The van der Waals surface area contributed by atoms with E-state index in [0.29, 0.717) is 0 Å². The number of carboxylic acid groups (broad SMARTS) is 2. The molecule has 13 heteroatoms. The summed E-state index contributed by atoms with van der Waals surface area (Å²) in [6, 6.07) is -5.63. The molecule has 0 fully saturated rings. The van der Waals surface area contributed by atoms with Gasteiger partial charge in [0, 0.05) is 6.42 Å². The Kier molecular flexibility index (Phi) is 10.7. The van der Waals surface area contributed by atoms with Crippen molar-refractivity contribution in [3.63, 3.8) is 0 Å². The van der Waals surface area contributed by atoms with Crippen molar-refractivity contribution in [2.45, 2.75) is 57.0 Å². The first-order chi connectivity index (χ1) is 12.9. The fourth-order valence-electron chi connectivity index (χ4n) is 1.87. The van der Waals surface area contributed by atoms with Crippen molar-refractivity contribution < 1.29 is 44.4 Å². The van der Waals surface area contributed by atoms with E-state index in [9.17, 15) is 34.2 Å². The lowest BCUT2D eigenvalue weighted by molar-refractivity contribution is -0.142. The zero-order valence-corrected chi connectivity index (χ0v) is 15.4. The van der Waals surface area contributed by atoms with Crippen molar-refractivity contribution in [3.8, 4) is 0 Å². The van der Waals surface area contributed by atoms with Crippen LogP contribution in [-0.4, -0.2) is 87.0 Å². The van der Waals surface area contributed by atoms with E-state index in [1.54, 1.807) is 0 Å². The molecule has 0 aromatic carbocycles. The summed E-state index contributed by atoms with van der Waals surface area (Å²) in [6.07, 6.45) is -2.10. The van der Waals surface area contributed by atoms with Crippen molar-refractivity contribution >= 4 is 29.7 Å². The van der Waals surface area contributed by atoms with Crippen LogP contribution in [0.25, 0.3) is 0 Å². The summed E-state index contributed by atoms with van der Waals surface area (Å²) in [7, 11) is 0. The van der Waals surface area contributed by atoms with Crippen LogP contribution in [0, 0.1) is 0 Å². The first-order valence-corrected chi connectivity index (χ1v) is 8.30. The quantitative estimate of drug-likeness (QED) is 0.157. The Morgan fingerprint density at radius 1 is 0.893 bits per heavy atom. The van der Waals surface area contributed by atoms with Crippen LogP contribution >= 0.6 is 0 Å². The maximum absolute atomic E-state index is 12.2. The summed E-state index contributed by atoms with van der Waals surface area (Å²) < 4.78 is 0. The number of amides is 3. The molecule has 0 aliphatic heterocycles. The lowest BCUT2D eigenvalue weighted by atomic mass is 10.1. The summed E-state index contributed by atoms with van der Waals surface area (Å²) in [4.78, 5) is 57.8. The maximum atomic E-state index is 12.2. The van der Waals surface area contributed by atoms with Gasteiger partial charge in [-0.15, -0.1) is 0 Å². The second-order valence-electron chi connectivity index (χ2n) is 6.07. The zero-order chi connectivity index (χ0) is 22.0. The summed E-state index contributed by atoms with van der Waals surface area (Å²) >= 11 is 0. The average Bonchev–Trinajstić information content (AvgIpc) is 2.61. The highest BCUT2D eigenvalue weighted by atomic mass is 16.4. The van der Waals surface area contributed by atoms with Gasteiger partial charge < -0.3 is 42.1 Å². The molecule has 0 heterocycles. The third-order valence-corrected chi connectivity index (χ3v) is 3.65. The number of aliphatic hydroxyl groups is 2. The van der Waals surface area contributed by atoms with Crippen LogP contribution in [0.3, 0.4) is 0 Å². The van der Waals surface area contributed by atoms with E-state index in [1.165, 1.54) is 13.8 Å². The van der Waals surface area contributed by atoms with Crippen LogP contribution in [0.2, 0.25) is 0 Å². The Balaban J connectivity index is 5.16. The number of carboxylic acids is 2. The minimum atomic E-state index is -1.53. The molecule has 9 N–H and O–H groups in total. The normalized spacial score (nSPS) is 16.0. The van der Waals surface area contributed by atoms with Crippen molar-refractivity contribution in [3.05, 3.63) is 0 Å². The molecular weight excluding hydrogens is 380 g/mol. The Bertz CT molecular complexity index is 596. The van der Waals surface area contributed by atoms with Crippen LogP contribution in [0.15, 0.2) is 0 Å². The van der Waals surface area contributed by atoms with Gasteiger partial charge in [0.25, 0.3) is 0 Å². The van der Waals surface area contributed by atoms with Gasteiger partial charge in [-0.3, -0.25) is 24.0 Å². The molecule has 0 aliphatic carbocycles. The minimum absolute atomic E-state index is 0.363. The fourth-order valence-corrected chi connectivity index (χ4v) is 1.87. The molecule has 160 valence electrons. The first kappa shape index (κ1) is 25.2. The van der Waals surface area contributed by atoms with E-state index >= 15 is 0 Å². The third kappa shape index (κ3) is 8.75. The average molecular weight is 406 g/mol. The molecule has 0 rings (SSSR count). The van der Waals surface area contributed by atoms with Gasteiger partial charge in [0.15, 0.2) is 0 Å². The van der Waals surface area contributed by atoms with Crippen molar-refractivity contribution in [2.24, 2.45) is 5.73 Å². The molecule has 0 spiro atoms. The molecule has 3 amide bonds. The lowest BCUT2D eigenvalue weighted by Gasteiger charge is -2.24.